The highest BCUT2D eigenvalue weighted by atomic mass is 19.4. The normalized spacial score (nSPS) is 25.1. The predicted octanol–water partition coefficient (Wildman–Crippen LogP) is 2.93. The smallest absolute Gasteiger partial charge is 0.341 e. The van der Waals surface area contributed by atoms with E-state index in [-0.39, 0.29) is 23.8 Å². The molecule has 30 heavy (non-hydrogen) atoms. The summed E-state index contributed by atoms with van der Waals surface area (Å²) >= 11 is 0. The Morgan fingerprint density at radius 3 is 2.30 bits per heavy atom. The summed E-state index contributed by atoms with van der Waals surface area (Å²) in [5.74, 6) is -0.261. The minimum absolute atomic E-state index is 0.00746. The molecule has 1 saturated heterocycles. The van der Waals surface area contributed by atoms with Crippen molar-refractivity contribution in [2.24, 2.45) is 0 Å². The lowest BCUT2D eigenvalue weighted by molar-refractivity contribution is -0.139. The summed E-state index contributed by atoms with van der Waals surface area (Å²) in [6.45, 7) is 5.41. The van der Waals surface area contributed by atoms with Gasteiger partial charge in [0, 0.05) is 39.1 Å². The van der Waals surface area contributed by atoms with Crippen LogP contribution in [0.3, 0.4) is 0 Å². The Labute approximate surface area is 173 Å². The number of benzene rings is 1. The topological polar surface area (TPSA) is 52.7 Å². The molecule has 3 heterocycles. The molecule has 0 saturated carbocycles. The number of hydrogen-bond acceptors (Lipinski definition) is 3. The molecule has 1 fully saturated rings. The molecule has 2 unspecified atom stereocenters. The Morgan fingerprint density at radius 1 is 1.03 bits per heavy atom. The van der Waals surface area contributed by atoms with E-state index in [0.29, 0.717) is 44.6 Å². The average Bonchev–Trinajstić information content (AvgIpc) is 3.28. The summed E-state index contributed by atoms with van der Waals surface area (Å²) in [5.41, 5.74) is 1.83. The Bertz CT molecular complexity index is 888. The molecule has 1 aromatic rings. The summed E-state index contributed by atoms with van der Waals surface area (Å²) in [4.78, 5) is 28.4. The lowest BCUT2D eigenvalue weighted by Gasteiger charge is -2.35. The maximum Gasteiger partial charge on any atom is 0.416 e. The van der Waals surface area contributed by atoms with E-state index in [2.05, 4.69) is 5.32 Å². The molecule has 8 heteroatoms. The molecule has 0 bridgehead atoms. The maximum absolute atomic E-state index is 13.4. The van der Waals surface area contributed by atoms with E-state index in [1.807, 2.05) is 6.92 Å². The molecule has 0 aromatic heterocycles. The Morgan fingerprint density at radius 2 is 1.67 bits per heavy atom. The zero-order valence-corrected chi connectivity index (χ0v) is 17.1. The van der Waals surface area contributed by atoms with Gasteiger partial charge < -0.3 is 9.80 Å². The highest BCUT2D eigenvalue weighted by molar-refractivity contribution is 5.87. The molecule has 0 aliphatic carbocycles. The monoisotopic (exact) mass is 421 g/mol. The van der Waals surface area contributed by atoms with E-state index in [4.69, 9.17) is 0 Å². The molecule has 5 nitrogen and oxygen atoms in total. The molecule has 4 rings (SSSR count). The molecule has 3 aliphatic rings. The second-order valence-corrected chi connectivity index (χ2v) is 8.43. The van der Waals surface area contributed by atoms with Crippen LogP contribution in [0.15, 0.2) is 35.4 Å². The minimum atomic E-state index is -4.37. The first-order valence-corrected chi connectivity index (χ1v) is 10.3. The average molecular weight is 421 g/mol. The summed E-state index contributed by atoms with van der Waals surface area (Å²) in [6, 6.07) is 5.33. The van der Waals surface area contributed by atoms with Crippen LogP contribution in [0.1, 0.15) is 43.7 Å². The van der Waals surface area contributed by atoms with Crippen molar-refractivity contribution in [3.63, 3.8) is 0 Å². The summed E-state index contributed by atoms with van der Waals surface area (Å²) in [5, 5.41) is 3.33. The van der Waals surface area contributed by atoms with E-state index >= 15 is 0 Å². The van der Waals surface area contributed by atoms with Crippen molar-refractivity contribution in [1.29, 1.82) is 0 Å². The first kappa shape index (κ1) is 20.9. The second kappa shape index (κ2) is 7.72. The lowest BCUT2D eigenvalue weighted by Crippen LogP contribution is -2.50. The minimum Gasteiger partial charge on any atom is -0.341 e. The van der Waals surface area contributed by atoms with Crippen LogP contribution in [0.4, 0.5) is 13.2 Å². The Hall–Kier alpha value is -2.35. The number of nitrogens with zero attached hydrogens (tertiary/aromatic N) is 2. The van der Waals surface area contributed by atoms with Crippen LogP contribution < -0.4 is 5.32 Å². The first-order chi connectivity index (χ1) is 14.2. The maximum atomic E-state index is 13.4. The molecule has 1 aromatic carbocycles. The van der Waals surface area contributed by atoms with Gasteiger partial charge in [-0.25, -0.2) is 0 Å². The lowest BCUT2D eigenvalue weighted by atomic mass is 9.86. The highest BCUT2D eigenvalue weighted by Gasteiger charge is 2.43. The van der Waals surface area contributed by atoms with Crippen LogP contribution in [0.5, 0.6) is 0 Å². The molecule has 2 atom stereocenters. The van der Waals surface area contributed by atoms with Crippen molar-refractivity contribution in [3.05, 3.63) is 46.5 Å². The zero-order chi connectivity index (χ0) is 21.6. The third-order valence-corrected chi connectivity index (χ3v) is 6.63. The number of hydrogen-bond donors (Lipinski definition) is 1. The fourth-order valence-corrected chi connectivity index (χ4v) is 4.96. The summed E-state index contributed by atoms with van der Waals surface area (Å²) < 4.78 is 40.1. The van der Waals surface area contributed by atoms with E-state index < -0.39 is 17.8 Å². The van der Waals surface area contributed by atoms with Gasteiger partial charge in [0.15, 0.2) is 0 Å². The van der Waals surface area contributed by atoms with Gasteiger partial charge in [0.2, 0.25) is 11.8 Å². The van der Waals surface area contributed by atoms with Gasteiger partial charge in [-0.2, -0.15) is 13.2 Å². The van der Waals surface area contributed by atoms with Crippen LogP contribution in [-0.2, 0) is 15.8 Å². The van der Waals surface area contributed by atoms with Gasteiger partial charge in [-0.1, -0.05) is 18.2 Å². The third-order valence-electron chi connectivity index (χ3n) is 6.63. The van der Waals surface area contributed by atoms with Crippen molar-refractivity contribution in [1.82, 2.24) is 15.1 Å². The molecule has 3 aliphatic heterocycles. The van der Waals surface area contributed by atoms with Crippen LogP contribution in [0.25, 0.3) is 0 Å². The first-order valence-electron chi connectivity index (χ1n) is 10.3. The van der Waals surface area contributed by atoms with Gasteiger partial charge in [-0.05, 0) is 48.5 Å². The van der Waals surface area contributed by atoms with E-state index in [0.717, 1.165) is 17.2 Å². The molecular formula is C22H26F3N3O2. The number of carbonyl (C=O) groups excluding carboxylic acids is 2. The molecule has 2 amide bonds. The van der Waals surface area contributed by atoms with Crippen LogP contribution in [-0.4, -0.2) is 59.9 Å². The number of amides is 2. The molecule has 162 valence electrons. The van der Waals surface area contributed by atoms with Gasteiger partial charge in [0.25, 0.3) is 0 Å². The number of likely N-dealkylation sites (tertiary alicyclic amines) is 1. The standard InChI is InChI=1S/C22H26F3N3O2/c1-13-17-11-28(14(2)29)12-18(17)20(26-13)21(30)27-9-7-15(8-10-27)16-5-3-4-6-19(16)22(23,24)25/h3-6,13,15,20,26H,7-12H2,1-2H3. The Balaban J connectivity index is 1.43. The SMILES string of the molecule is CC(=O)N1CC2=C(C1)C(C(=O)N1CCC(c3ccccc3C(F)(F)F)CC1)NC2C. The highest BCUT2D eigenvalue weighted by Crippen LogP contribution is 2.39. The fourth-order valence-electron chi connectivity index (χ4n) is 4.96. The molecular weight excluding hydrogens is 395 g/mol. The third kappa shape index (κ3) is 3.73. The zero-order valence-electron chi connectivity index (χ0n) is 17.1. The predicted molar refractivity (Wildman–Crippen MR) is 106 cm³/mol. The van der Waals surface area contributed by atoms with Gasteiger partial charge >= 0.3 is 6.18 Å². The number of rotatable bonds is 2. The molecule has 0 spiro atoms. The van der Waals surface area contributed by atoms with Crippen molar-refractivity contribution in [3.8, 4) is 0 Å². The van der Waals surface area contributed by atoms with E-state index in [9.17, 15) is 22.8 Å². The molecule has 0 radical (unpaired) electrons. The quantitative estimate of drug-likeness (QED) is 0.748. The van der Waals surface area contributed by atoms with E-state index in [1.165, 1.54) is 13.0 Å². The van der Waals surface area contributed by atoms with Crippen LogP contribution in [0, 0.1) is 0 Å². The van der Waals surface area contributed by atoms with Gasteiger partial charge in [0.1, 0.15) is 6.04 Å². The van der Waals surface area contributed by atoms with Crippen molar-refractivity contribution in [2.75, 3.05) is 26.2 Å². The van der Waals surface area contributed by atoms with Gasteiger partial charge in [-0.15, -0.1) is 0 Å². The number of nitrogens with one attached hydrogen (secondary N) is 1. The number of carbonyl (C=O) groups is 2. The number of halogens is 3. The van der Waals surface area contributed by atoms with Crippen molar-refractivity contribution in [2.45, 2.75) is 50.9 Å². The largest absolute Gasteiger partial charge is 0.416 e. The van der Waals surface area contributed by atoms with Crippen LogP contribution in [0.2, 0.25) is 0 Å². The van der Waals surface area contributed by atoms with Crippen molar-refractivity contribution < 1.29 is 22.8 Å². The van der Waals surface area contributed by atoms with Gasteiger partial charge in [-0.3, -0.25) is 14.9 Å². The molecule has 1 N–H and O–H groups in total. The fraction of sp³-hybridized carbons (Fsp3) is 0.545. The number of alkyl halides is 3. The summed E-state index contributed by atoms with van der Waals surface area (Å²) in [7, 11) is 0. The Kier molecular flexibility index (Phi) is 5.38. The summed E-state index contributed by atoms with van der Waals surface area (Å²) in [6.07, 6.45) is -3.36. The van der Waals surface area contributed by atoms with Gasteiger partial charge in [0.05, 0.1) is 5.56 Å². The number of piperidine rings is 1. The second-order valence-electron chi connectivity index (χ2n) is 8.43. The van der Waals surface area contributed by atoms with Crippen LogP contribution >= 0.6 is 0 Å². The van der Waals surface area contributed by atoms with E-state index in [1.54, 1.807) is 21.9 Å². The van der Waals surface area contributed by atoms with Crippen molar-refractivity contribution >= 4 is 11.8 Å².